The first-order valence-corrected chi connectivity index (χ1v) is 7.82. The van der Waals surface area contributed by atoms with E-state index in [4.69, 9.17) is 0 Å². The number of fused-ring (bicyclic) bond motifs is 1. The standard InChI is InChI=1S/C18H25FN2O/c1-5-13(11-19)12-21-9-8-14-10-15(6-7-16(14)21)17(22)20-18(2,3)4/h6-7,10-11H,5,8-9,12H2,1-4H3,(H,20,22)/b13-11+. The molecule has 0 aromatic heterocycles. The summed E-state index contributed by atoms with van der Waals surface area (Å²) in [5, 5.41) is 2.98. The Morgan fingerprint density at radius 2 is 2.14 bits per heavy atom. The summed E-state index contributed by atoms with van der Waals surface area (Å²) in [6, 6.07) is 5.79. The van der Waals surface area contributed by atoms with Crippen LogP contribution in [0.1, 0.15) is 50.0 Å². The van der Waals surface area contributed by atoms with Gasteiger partial charge in [-0.25, -0.2) is 4.39 Å². The van der Waals surface area contributed by atoms with Crippen molar-refractivity contribution >= 4 is 11.6 Å². The molecule has 0 saturated heterocycles. The van der Waals surface area contributed by atoms with Gasteiger partial charge in [-0.3, -0.25) is 4.79 Å². The molecule has 0 radical (unpaired) electrons. The summed E-state index contributed by atoms with van der Waals surface area (Å²) in [4.78, 5) is 14.4. The molecule has 1 aliphatic heterocycles. The van der Waals surface area contributed by atoms with Gasteiger partial charge in [-0.2, -0.15) is 0 Å². The topological polar surface area (TPSA) is 32.3 Å². The third kappa shape index (κ3) is 3.87. The summed E-state index contributed by atoms with van der Waals surface area (Å²) in [7, 11) is 0. The Bertz CT molecular complexity index is 587. The molecule has 0 bridgehead atoms. The predicted octanol–water partition coefficient (Wildman–Crippen LogP) is 3.84. The van der Waals surface area contributed by atoms with Crippen molar-refractivity contribution < 1.29 is 9.18 Å². The first kappa shape index (κ1) is 16.5. The van der Waals surface area contributed by atoms with Crippen LogP contribution in [0, 0.1) is 0 Å². The third-order valence-electron chi connectivity index (χ3n) is 3.82. The molecule has 0 atom stereocenters. The Balaban J connectivity index is 2.15. The number of anilines is 1. The average Bonchev–Trinajstić information content (AvgIpc) is 2.85. The SMILES string of the molecule is CC/C(=C\F)CN1CCc2cc(C(=O)NC(C)(C)C)ccc21. The lowest BCUT2D eigenvalue weighted by atomic mass is 10.0. The van der Waals surface area contributed by atoms with Gasteiger partial charge >= 0.3 is 0 Å². The van der Waals surface area contributed by atoms with E-state index in [2.05, 4.69) is 10.2 Å². The highest BCUT2D eigenvalue weighted by atomic mass is 19.1. The van der Waals surface area contributed by atoms with Crippen LogP contribution in [0.25, 0.3) is 0 Å². The fourth-order valence-corrected chi connectivity index (χ4v) is 2.66. The van der Waals surface area contributed by atoms with E-state index in [0.29, 0.717) is 24.9 Å². The molecule has 1 aliphatic rings. The van der Waals surface area contributed by atoms with Crippen molar-refractivity contribution in [1.29, 1.82) is 0 Å². The van der Waals surface area contributed by atoms with Crippen LogP contribution in [0.5, 0.6) is 0 Å². The van der Waals surface area contributed by atoms with Gasteiger partial charge in [0.1, 0.15) is 0 Å². The van der Waals surface area contributed by atoms with Crippen LogP contribution >= 0.6 is 0 Å². The van der Waals surface area contributed by atoms with Gasteiger partial charge in [-0.15, -0.1) is 0 Å². The van der Waals surface area contributed by atoms with Crippen molar-refractivity contribution in [3.63, 3.8) is 0 Å². The second kappa shape index (κ2) is 6.51. The van der Waals surface area contributed by atoms with Crippen LogP contribution in [0.15, 0.2) is 30.1 Å². The van der Waals surface area contributed by atoms with E-state index in [0.717, 1.165) is 29.8 Å². The van der Waals surface area contributed by atoms with Gasteiger partial charge in [0.05, 0.1) is 6.33 Å². The minimum Gasteiger partial charge on any atom is -0.367 e. The Morgan fingerprint density at radius 3 is 2.73 bits per heavy atom. The Morgan fingerprint density at radius 1 is 1.41 bits per heavy atom. The molecule has 0 fully saturated rings. The second-order valence-electron chi connectivity index (χ2n) is 6.84. The summed E-state index contributed by atoms with van der Waals surface area (Å²) < 4.78 is 12.8. The lowest BCUT2D eigenvalue weighted by molar-refractivity contribution is 0.0919. The molecule has 1 amide bonds. The number of rotatable bonds is 4. The molecule has 0 aliphatic carbocycles. The first-order valence-electron chi connectivity index (χ1n) is 7.82. The highest BCUT2D eigenvalue weighted by molar-refractivity contribution is 5.95. The van der Waals surface area contributed by atoms with E-state index in [1.807, 2.05) is 45.9 Å². The lowest BCUT2D eigenvalue weighted by Crippen LogP contribution is -2.40. The number of hydrogen-bond donors (Lipinski definition) is 1. The second-order valence-corrected chi connectivity index (χ2v) is 6.84. The summed E-state index contributed by atoms with van der Waals surface area (Å²) in [5.41, 5.74) is 3.51. The Hall–Kier alpha value is -1.84. The fourth-order valence-electron chi connectivity index (χ4n) is 2.66. The van der Waals surface area contributed by atoms with Gasteiger partial charge in [0.25, 0.3) is 5.91 Å². The maximum atomic E-state index is 12.8. The molecule has 1 aromatic carbocycles. The zero-order valence-electron chi connectivity index (χ0n) is 13.9. The molecule has 1 aromatic rings. The van der Waals surface area contributed by atoms with Crippen LogP contribution in [-0.4, -0.2) is 24.5 Å². The van der Waals surface area contributed by atoms with E-state index in [1.165, 1.54) is 0 Å². The van der Waals surface area contributed by atoms with E-state index in [-0.39, 0.29) is 11.4 Å². The van der Waals surface area contributed by atoms with E-state index in [9.17, 15) is 9.18 Å². The van der Waals surface area contributed by atoms with Crippen molar-refractivity contribution in [2.75, 3.05) is 18.0 Å². The third-order valence-corrected chi connectivity index (χ3v) is 3.82. The number of halogens is 1. The maximum Gasteiger partial charge on any atom is 0.251 e. The monoisotopic (exact) mass is 304 g/mol. The summed E-state index contributed by atoms with van der Waals surface area (Å²) in [6.45, 7) is 9.35. The van der Waals surface area contributed by atoms with E-state index in [1.54, 1.807) is 0 Å². The smallest absolute Gasteiger partial charge is 0.251 e. The van der Waals surface area contributed by atoms with Crippen LogP contribution in [-0.2, 0) is 6.42 Å². The number of benzene rings is 1. The number of nitrogens with one attached hydrogen (secondary N) is 1. The normalized spacial score (nSPS) is 15.0. The number of nitrogens with zero attached hydrogens (tertiary/aromatic N) is 1. The largest absolute Gasteiger partial charge is 0.367 e. The number of carbonyl (C=O) groups is 1. The summed E-state index contributed by atoms with van der Waals surface area (Å²) in [6.07, 6.45) is 2.33. The first-order chi connectivity index (χ1) is 10.3. The number of hydrogen-bond acceptors (Lipinski definition) is 2. The average molecular weight is 304 g/mol. The summed E-state index contributed by atoms with van der Waals surface area (Å²) in [5.74, 6) is -0.0494. The molecule has 3 nitrogen and oxygen atoms in total. The highest BCUT2D eigenvalue weighted by Crippen LogP contribution is 2.30. The van der Waals surface area contributed by atoms with Crippen LogP contribution in [0.4, 0.5) is 10.1 Å². The van der Waals surface area contributed by atoms with Crippen LogP contribution < -0.4 is 10.2 Å². The predicted molar refractivity (Wildman–Crippen MR) is 89.1 cm³/mol. The lowest BCUT2D eigenvalue weighted by Gasteiger charge is -2.22. The maximum absolute atomic E-state index is 12.8. The van der Waals surface area contributed by atoms with Crippen molar-refractivity contribution in [3.05, 3.63) is 41.2 Å². The van der Waals surface area contributed by atoms with Gasteiger partial charge < -0.3 is 10.2 Å². The van der Waals surface area contributed by atoms with Crippen LogP contribution in [0.3, 0.4) is 0 Å². The molecule has 0 saturated carbocycles. The van der Waals surface area contributed by atoms with Gasteiger partial charge in [0.2, 0.25) is 0 Å². The van der Waals surface area contributed by atoms with Crippen molar-refractivity contribution in [2.45, 2.75) is 46.1 Å². The highest BCUT2D eigenvalue weighted by Gasteiger charge is 2.22. The van der Waals surface area contributed by atoms with Crippen molar-refractivity contribution in [1.82, 2.24) is 5.32 Å². The molecular formula is C18H25FN2O. The van der Waals surface area contributed by atoms with Crippen molar-refractivity contribution in [2.24, 2.45) is 0 Å². The molecule has 1 heterocycles. The number of carbonyl (C=O) groups excluding carboxylic acids is 1. The van der Waals surface area contributed by atoms with Gasteiger partial charge in [0, 0.05) is 29.9 Å². The zero-order chi connectivity index (χ0) is 16.3. The zero-order valence-corrected chi connectivity index (χ0v) is 13.9. The van der Waals surface area contributed by atoms with Gasteiger partial charge in [-0.1, -0.05) is 6.92 Å². The number of amides is 1. The fraction of sp³-hybridized carbons (Fsp3) is 0.500. The van der Waals surface area contributed by atoms with Crippen LogP contribution in [0.2, 0.25) is 0 Å². The summed E-state index contributed by atoms with van der Waals surface area (Å²) >= 11 is 0. The van der Waals surface area contributed by atoms with Gasteiger partial charge in [0.15, 0.2) is 0 Å². The molecule has 120 valence electrons. The Kier molecular flexibility index (Phi) is 4.89. The molecule has 2 rings (SSSR count). The molecule has 0 unspecified atom stereocenters. The molecular weight excluding hydrogens is 279 g/mol. The van der Waals surface area contributed by atoms with Crippen molar-refractivity contribution in [3.8, 4) is 0 Å². The quantitative estimate of drug-likeness (QED) is 0.916. The minimum absolute atomic E-state index is 0.0494. The molecule has 22 heavy (non-hydrogen) atoms. The Labute approximate surface area is 132 Å². The molecule has 1 N–H and O–H groups in total. The van der Waals surface area contributed by atoms with E-state index >= 15 is 0 Å². The van der Waals surface area contributed by atoms with Gasteiger partial charge in [-0.05, 0) is 62.9 Å². The molecule has 0 spiro atoms. The molecule has 4 heteroatoms. The minimum atomic E-state index is -0.246. The van der Waals surface area contributed by atoms with E-state index < -0.39 is 0 Å².